The highest BCUT2D eigenvalue weighted by Gasteiger charge is 2.28. The molecule has 17 heavy (non-hydrogen) atoms. The SMILES string of the molecule is CCC(C)(CC)C(=O)CCc1cccnc1C. The van der Waals surface area contributed by atoms with Gasteiger partial charge >= 0.3 is 0 Å². The molecule has 2 heteroatoms. The maximum absolute atomic E-state index is 12.2. The highest BCUT2D eigenvalue weighted by molar-refractivity contribution is 5.84. The summed E-state index contributed by atoms with van der Waals surface area (Å²) >= 11 is 0. The summed E-state index contributed by atoms with van der Waals surface area (Å²) in [5.74, 6) is 0.380. The normalized spacial score (nSPS) is 11.5. The number of carbonyl (C=O) groups excluding carboxylic acids is 1. The monoisotopic (exact) mass is 233 g/mol. The quantitative estimate of drug-likeness (QED) is 0.749. The van der Waals surface area contributed by atoms with Crippen LogP contribution in [0.3, 0.4) is 0 Å². The molecule has 0 atom stereocenters. The van der Waals surface area contributed by atoms with Gasteiger partial charge in [-0.05, 0) is 37.8 Å². The fourth-order valence-electron chi connectivity index (χ4n) is 1.98. The molecule has 0 saturated heterocycles. The zero-order valence-electron chi connectivity index (χ0n) is 11.4. The van der Waals surface area contributed by atoms with E-state index in [0.29, 0.717) is 12.2 Å². The minimum absolute atomic E-state index is 0.143. The van der Waals surface area contributed by atoms with Crippen LogP contribution in [0.15, 0.2) is 18.3 Å². The molecule has 0 bridgehead atoms. The second kappa shape index (κ2) is 5.95. The van der Waals surface area contributed by atoms with Gasteiger partial charge < -0.3 is 0 Å². The first-order valence-corrected chi connectivity index (χ1v) is 6.47. The third kappa shape index (κ3) is 3.39. The molecule has 0 radical (unpaired) electrons. The predicted molar refractivity (Wildman–Crippen MR) is 71.0 cm³/mol. The van der Waals surface area contributed by atoms with Gasteiger partial charge in [0.1, 0.15) is 5.78 Å². The van der Waals surface area contributed by atoms with E-state index >= 15 is 0 Å². The van der Waals surface area contributed by atoms with Gasteiger partial charge in [0.2, 0.25) is 0 Å². The standard InChI is InChI=1S/C15H23NO/c1-5-15(4,6-2)14(17)10-9-13-8-7-11-16-12(13)3/h7-8,11H,5-6,9-10H2,1-4H3. The van der Waals surface area contributed by atoms with Crippen LogP contribution in [0.5, 0.6) is 0 Å². The number of ketones is 1. The number of pyridine rings is 1. The van der Waals surface area contributed by atoms with Crippen molar-refractivity contribution in [2.24, 2.45) is 5.41 Å². The fraction of sp³-hybridized carbons (Fsp3) is 0.600. The first-order chi connectivity index (χ1) is 8.03. The maximum Gasteiger partial charge on any atom is 0.139 e. The van der Waals surface area contributed by atoms with Crippen molar-refractivity contribution in [3.05, 3.63) is 29.6 Å². The van der Waals surface area contributed by atoms with Crippen LogP contribution in [0.1, 0.15) is 51.3 Å². The van der Waals surface area contributed by atoms with Crippen molar-refractivity contribution in [3.63, 3.8) is 0 Å². The highest BCUT2D eigenvalue weighted by Crippen LogP contribution is 2.28. The van der Waals surface area contributed by atoms with Crippen LogP contribution in [-0.2, 0) is 11.2 Å². The van der Waals surface area contributed by atoms with Crippen molar-refractivity contribution in [2.45, 2.75) is 53.4 Å². The number of aromatic nitrogens is 1. The second-order valence-electron chi connectivity index (χ2n) is 4.94. The smallest absolute Gasteiger partial charge is 0.139 e. The molecule has 0 aliphatic carbocycles. The molecule has 0 N–H and O–H groups in total. The minimum Gasteiger partial charge on any atom is -0.299 e. The molecule has 1 aromatic heterocycles. The highest BCUT2D eigenvalue weighted by atomic mass is 16.1. The summed E-state index contributed by atoms with van der Waals surface area (Å²) in [6.45, 7) is 8.26. The molecule has 0 aromatic carbocycles. The Balaban J connectivity index is 2.63. The Bertz CT molecular complexity index is 380. The summed E-state index contributed by atoms with van der Waals surface area (Å²) < 4.78 is 0. The Morgan fingerprint density at radius 1 is 1.35 bits per heavy atom. The molecule has 1 aromatic rings. The Hall–Kier alpha value is -1.18. The van der Waals surface area contributed by atoms with E-state index in [0.717, 1.165) is 25.0 Å². The van der Waals surface area contributed by atoms with E-state index in [9.17, 15) is 4.79 Å². The third-order valence-electron chi connectivity index (χ3n) is 3.97. The van der Waals surface area contributed by atoms with E-state index in [2.05, 4.69) is 31.8 Å². The number of hydrogen-bond acceptors (Lipinski definition) is 2. The van der Waals surface area contributed by atoms with E-state index in [1.165, 1.54) is 5.56 Å². The van der Waals surface area contributed by atoms with Crippen LogP contribution in [0.25, 0.3) is 0 Å². The van der Waals surface area contributed by atoms with Crippen molar-refractivity contribution in [1.82, 2.24) is 4.98 Å². The summed E-state index contributed by atoms with van der Waals surface area (Å²) in [5, 5.41) is 0. The lowest BCUT2D eigenvalue weighted by Crippen LogP contribution is -2.26. The number of nitrogens with zero attached hydrogens (tertiary/aromatic N) is 1. The average molecular weight is 233 g/mol. The molecule has 0 fully saturated rings. The molecule has 0 amide bonds. The Morgan fingerprint density at radius 2 is 2.00 bits per heavy atom. The van der Waals surface area contributed by atoms with Crippen LogP contribution < -0.4 is 0 Å². The molecule has 2 nitrogen and oxygen atoms in total. The van der Waals surface area contributed by atoms with Crippen molar-refractivity contribution in [1.29, 1.82) is 0 Å². The molecule has 0 aliphatic rings. The zero-order chi connectivity index (χ0) is 12.9. The summed E-state index contributed by atoms with van der Waals surface area (Å²) in [7, 11) is 0. The summed E-state index contributed by atoms with van der Waals surface area (Å²) in [6, 6.07) is 4.00. The van der Waals surface area contributed by atoms with Gasteiger partial charge in [-0.2, -0.15) is 0 Å². The maximum atomic E-state index is 12.2. The summed E-state index contributed by atoms with van der Waals surface area (Å²) in [4.78, 5) is 16.4. The van der Waals surface area contributed by atoms with E-state index < -0.39 is 0 Å². The van der Waals surface area contributed by atoms with Crippen LogP contribution >= 0.6 is 0 Å². The van der Waals surface area contributed by atoms with Crippen LogP contribution in [0, 0.1) is 12.3 Å². The predicted octanol–water partition coefficient (Wildman–Crippen LogP) is 3.72. The summed E-state index contributed by atoms with van der Waals surface area (Å²) in [5.41, 5.74) is 2.08. The van der Waals surface area contributed by atoms with Gasteiger partial charge in [0, 0.05) is 23.7 Å². The number of carbonyl (C=O) groups is 1. The number of rotatable bonds is 6. The molecule has 0 spiro atoms. The first kappa shape index (κ1) is 13.9. The van der Waals surface area contributed by atoms with Crippen LogP contribution in [-0.4, -0.2) is 10.8 Å². The molecule has 1 heterocycles. The van der Waals surface area contributed by atoms with Crippen LogP contribution in [0.4, 0.5) is 0 Å². The van der Waals surface area contributed by atoms with Crippen molar-refractivity contribution >= 4 is 5.78 Å². The lowest BCUT2D eigenvalue weighted by atomic mass is 9.78. The van der Waals surface area contributed by atoms with Crippen molar-refractivity contribution in [3.8, 4) is 0 Å². The summed E-state index contributed by atoms with van der Waals surface area (Å²) in [6.07, 6.45) is 5.09. The Morgan fingerprint density at radius 3 is 2.53 bits per heavy atom. The lowest BCUT2D eigenvalue weighted by molar-refractivity contribution is -0.128. The van der Waals surface area contributed by atoms with Gasteiger partial charge in [-0.25, -0.2) is 0 Å². The van der Waals surface area contributed by atoms with E-state index in [1.54, 1.807) is 6.20 Å². The first-order valence-electron chi connectivity index (χ1n) is 6.47. The number of aryl methyl sites for hydroxylation is 2. The van der Waals surface area contributed by atoms with Crippen molar-refractivity contribution in [2.75, 3.05) is 0 Å². The lowest BCUT2D eigenvalue weighted by Gasteiger charge is -2.24. The van der Waals surface area contributed by atoms with Gasteiger partial charge in [-0.15, -0.1) is 0 Å². The zero-order valence-corrected chi connectivity index (χ0v) is 11.4. The number of hydrogen-bond donors (Lipinski definition) is 0. The van der Waals surface area contributed by atoms with Gasteiger partial charge in [0.05, 0.1) is 0 Å². The molecular formula is C15H23NO. The second-order valence-corrected chi connectivity index (χ2v) is 4.94. The third-order valence-corrected chi connectivity index (χ3v) is 3.97. The van der Waals surface area contributed by atoms with Gasteiger partial charge in [-0.3, -0.25) is 9.78 Å². The average Bonchev–Trinajstić information content (AvgIpc) is 2.36. The molecule has 0 unspecified atom stereocenters. The van der Waals surface area contributed by atoms with Gasteiger partial charge in [0.25, 0.3) is 0 Å². The minimum atomic E-state index is -0.143. The largest absolute Gasteiger partial charge is 0.299 e. The molecule has 1 rings (SSSR count). The fourth-order valence-corrected chi connectivity index (χ4v) is 1.98. The molecular weight excluding hydrogens is 210 g/mol. The molecule has 0 aliphatic heterocycles. The van der Waals surface area contributed by atoms with Gasteiger partial charge in [-0.1, -0.05) is 26.8 Å². The van der Waals surface area contributed by atoms with Gasteiger partial charge in [0.15, 0.2) is 0 Å². The van der Waals surface area contributed by atoms with Crippen LogP contribution in [0.2, 0.25) is 0 Å². The Labute approximate surface area is 104 Å². The van der Waals surface area contributed by atoms with Crippen molar-refractivity contribution < 1.29 is 4.79 Å². The molecule has 0 saturated carbocycles. The number of Topliss-reactive ketones (excluding diaryl/α,β-unsaturated/α-hetero) is 1. The topological polar surface area (TPSA) is 30.0 Å². The van der Waals surface area contributed by atoms with E-state index in [-0.39, 0.29) is 5.41 Å². The van der Waals surface area contributed by atoms with E-state index in [4.69, 9.17) is 0 Å². The molecule has 94 valence electrons. The Kier molecular flexibility index (Phi) is 4.86. The van der Waals surface area contributed by atoms with E-state index in [1.807, 2.05) is 13.0 Å².